The predicted octanol–water partition coefficient (Wildman–Crippen LogP) is 4.04. The molecule has 2 aliphatic heterocycles. The molecule has 1 aromatic carbocycles. The van der Waals surface area contributed by atoms with E-state index in [1.165, 1.54) is 22.2 Å². The molecule has 1 saturated heterocycles. The smallest absolute Gasteiger partial charge is 0.356 e. The van der Waals surface area contributed by atoms with Crippen molar-refractivity contribution in [1.29, 1.82) is 0 Å². The minimum atomic E-state index is -0.511. The van der Waals surface area contributed by atoms with Crippen molar-refractivity contribution in [2.24, 2.45) is 10.6 Å². The Balaban J connectivity index is 1.78. The van der Waals surface area contributed by atoms with E-state index < -0.39 is 5.97 Å². The van der Waals surface area contributed by atoms with Crippen molar-refractivity contribution < 1.29 is 14.7 Å². The van der Waals surface area contributed by atoms with Crippen molar-refractivity contribution in [3.8, 4) is 0 Å². The minimum Gasteiger partial charge on any atom is -0.461 e. The van der Waals surface area contributed by atoms with Crippen LogP contribution in [-0.2, 0) is 16.0 Å². The number of piperidine rings is 1. The van der Waals surface area contributed by atoms with Gasteiger partial charge in [-0.2, -0.15) is 0 Å². The van der Waals surface area contributed by atoms with Gasteiger partial charge in [-0.1, -0.05) is 30.3 Å². The maximum absolute atomic E-state index is 12.3. The first-order chi connectivity index (χ1) is 13.6. The molecule has 3 heterocycles. The van der Waals surface area contributed by atoms with Crippen molar-refractivity contribution >= 4 is 22.6 Å². The summed E-state index contributed by atoms with van der Waals surface area (Å²) in [7, 11) is 0. The number of oxime groups is 1. The Labute approximate surface area is 165 Å². The topological polar surface area (TPSA) is 77.9 Å². The van der Waals surface area contributed by atoms with Gasteiger partial charge in [0.25, 0.3) is 0 Å². The molecule has 2 aliphatic rings. The van der Waals surface area contributed by atoms with Crippen molar-refractivity contribution in [2.45, 2.75) is 52.0 Å². The summed E-state index contributed by atoms with van der Waals surface area (Å²) in [6, 6.07) is 8.67. The highest BCUT2D eigenvalue weighted by Crippen LogP contribution is 2.53. The zero-order valence-electron chi connectivity index (χ0n) is 16.7. The van der Waals surface area contributed by atoms with Crippen molar-refractivity contribution in [3.63, 3.8) is 0 Å². The lowest BCUT2D eigenvalue weighted by Crippen LogP contribution is -2.50. The van der Waals surface area contributed by atoms with Gasteiger partial charge in [-0.3, -0.25) is 4.90 Å². The Morgan fingerprint density at radius 1 is 1.36 bits per heavy atom. The van der Waals surface area contributed by atoms with Gasteiger partial charge in [-0.05, 0) is 56.2 Å². The Morgan fingerprint density at radius 3 is 2.93 bits per heavy atom. The second kappa shape index (κ2) is 7.59. The van der Waals surface area contributed by atoms with E-state index in [9.17, 15) is 10.0 Å². The van der Waals surface area contributed by atoms with Gasteiger partial charge in [0.15, 0.2) is 5.71 Å². The van der Waals surface area contributed by atoms with E-state index in [0.717, 1.165) is 38.8 Å². The highest BCUT2D eigenvalue weighted by Gasteiger charge is 2.48. The van der Waals surface area contributed by atoms with Crippen LogP contribution in [0.5, 0.6) is 0 Å². The van der Waals surface area contributed by atoms with E-state index >= 15 is 0 Å². The summed E-state index contributed by atoms with van der Waals surface area (Å²) in [5, 5.41) is 14.2. The molecule has 1 aromatic heterocycles. The molecule has 2 aromatic rings. The zero-order valence-corrected chi connectivity index (χ0v) is 16.7. The SMILES string of the molecule is CCOC(=O)/C(C[C@@]1(CC)CCCN2CCc3c([nH]c4ccccc34)[C@@H]21)=N/O. The molecular weight excluding hydrogens is 354 g/mol. The third kappa shape index (κ3) is 3.00. The lowest BCUT2D eigenvalue weighted by molar-refractivity contribution is -0.135. The number of benzene rings is 1. The van der Waals surface area contributed by atoms with Crippen LogP contribution in [-0.4, -0.2) is 46.5 Å². The Bertz CT molecular complexity index is 904. The van der Waals surface area contributed by atoms with E-state index in [-0.39, 0.29) is 23.8 Å². The Kier molecular flexibility index (Phi) is 5.15. The van der Waals surface area contributed by atoms with E-state index in [4.69, 9.17) is 4.74 Å². The second-order valence-electron chi connectivity index (χ2n) is 8.01. The number of nitrogens with zero attached hydrogens (tertiary/aromatic N) is 2. The standard InChI is InChI=1S/C22H29N3O3/c1-3-22(14-18(24-27)21(26)28-4-2)11-7-12-25-13-10-16-15-8-5-6-9-17(15)23-19(16)20(22)25/h5-6,8-9,20,23,27H,3-4,7,10-14H2,1-2H3/b24-18+/t20-,22-/m1/s1. The number of hydrogen-bond donors (Lipinski definition) is 2. The van der Waals surface area contributed by atoms with Crippen molar-refractivity contribution in [1.82, 2.24) is 9.88 Å². The number of rotatable bonds is 5. The van der Waals surface area contributed by atoms with E-state index in [2.05, 4.69) is 46.2 Å². The van der Waals surface area contributed by atoms with Crippen LogP contribution in [0.15, 0.2) is 29.4 Å². The lowest BCUT2D eigenvalue weighted by atomic mass is 9.65. The number of carbonyl (C=O) groups excluding carboxylic acids is 1. The van der Waals surface area contributed by atoms with Gasteiger partial charge in [-0.15, -0.1) is 0 Å². The molecule has 0 unspecified atom stereocenters. The van der Waals surface area contributed by atoms with Gasteiger partial charge in [0.1, 0.15) is 0 Å². The van der Waals surface area contributed by atoms with Gasteiger partial charge in [0.05, 0.1) is 12.6 Å². The van der Waals surface area contributed by atoms with Crippen molar-refractivity contribution in [3.05, 3.63) is 35.5 Å². The molecule has 0 saturated carbocycles. The fourth-order valence-corrected chi connectivity index (χ4v) is 5.37. The normalized spacial score (nSPS) is 25.4. The first-order valence-corrected chi connectivity index (χ1v) is 10.3. The van der Waals surface area contributed by atoms with Gasteiger partial charge >= 0.3 is 5.97 Å². The number of ether oxygens (including phenoxy) is 1. The number of aromatic nitrogens is 1. The quantitative estimate of drug-likeness (QED) is 0.353. The molecule has 150 valence electrons. The maximum Gasteiger partial charge on any atom is 0.356 e. The Morgan fingerprint density at radius 2 is 2.18 bits per heavy atom. The van der Waals surface area contributed by atoms with E-state index in [1.54, 1.807) is 6.92 Å². The summed E-state index contributed by atoms with van der Waals surface area (Å²) >= 11 is 0. The summed E-state index contributed by atoms with van der Waals surface area (Å²) in [6.45, 7) is 6.31. The summed E-state index contributed by atoms with van der Waals surface area (Å²) < 4.78 is 5.13. The van der Waals surface area contributed by atoms with Gasteiger partial charge in [-0.25, -0.2) is 4.79 Å². The number of esters is 1. The van der Waals surface area contributed by atoms with Crippen LogP contribution in [0.3, 0.4) is 0 Å². The zero-order chi connectivity index (χ0) is 19.7. The van der Waals surface area contributed by atoms with Crippen LogP contribution in [0.25, 0.3) is 10.9 Å². The molecule has 0 aliphatic carbocycles. The van der Waals surface area contributed by atoms with E-state index in [1.807, 2.05) is 0 Å². The molecule has 0 bridgehead atoms. The van der Waals surface area contributed by atoms with Crippen LogP contribution in [0, 0.1) is 5.41 Å². The molecule has 0 spiro atoms. The molecule has 0 radical (unpaired) electrons. The van der Waals surface area contributed by atoms with Crippen molar-refractivity contribution in [2.75, 3.05) is 19.7 Å². The first kappa shape index (κ1) is 19.0. The largest absolute Gasteiger partial charge is 0.461 e. The average molecular weight is 383 g/mol. The molecule has 0 amide bonds. The molecule has 6 nitrogen and oxygen atoms in total. The number of para-hydroxylation sites is 1. The number of aromatic amines is 1. The summed E-state index contributed by atoms with van der Waals surface area (Å²) in [5.74, 6) is -0.511. The number of hydrogen-bond acceptors (Lipinski definition) is 5. The fraction of sp³-hybridized carbons (Fsp3) is 0.545. The summed E-state index contributed by atoms with van der Waals surface area (Å²) in [6.07, 6.45) is 4.45. The molecule has 1 fully saturated rings. The van der Waals surface area contributed by atoms with E-state index in [0.29, 0.717) is 6.42 Å². The monoisotopic (exact) mass is 383 g/mol. The summed E-state index contributed by atoms with van der Waals surface area (Å²) in [5.41, 5.74) is 3.81. The third-order valence-corrected chi connectivity index (χ3v) is 6.69. The van der Waals surface area contributed by atoms with Gasteiger partial charge in [0.2, 0.25) is 0 Å². The maximum atomic E-state index is 12.3. The number of H-pyrrole nitrogens is 1. The van der Waals surface area contributed by atoms with Crippen LogP contribution >= 0.6 is 0 Å². The molecule has 28 heavy (non-hydrogen) atoms. The highest BCUT2D eigenvalue weighted by atomic mass is 16.5. The second-order valence-corrected chi connectivity index (χ2v) is 8.01. The van der Waals surface area contributed by atoms with Crippen LogP contribution < -0.4 is 0 Å². The highest BCUT2D eigenvalue weighted by molar-refractivity contribution is 6.36. The number of carbonyl (C=O) groups is 1. The average Bonchev–Trinajstić information content (AvgIpc) is 3.10. The number of fused-ring (bicyclic) bond motifs is 5. The molecule has 4 rings (SSSR count). The van der Waals surface area contributed by atoms with Gasteiger partial charge in [0, 0.05) is 29.6 Å². The molecule has 2 atom stereocenters. The molecule has 6 heteroatoms. The van der Waals surface area contributed by atoms with Crippen LogP contribution in [0.1, 0.15) is 56.8 Å². The third-order valence-electron chi connectivity index (χ3n) is 6.69. The Hall–Kier alpha value is -2.34. The predicted molar refractivity (Wildman–Crippen MR) is 109 cm³/mol. The lowest BCUT2D eigenvalue weighted by Gasteiger charge is -2.52. The van der Waals surface area contributed by atoms with Crippen LogP contribution in [0.4, 0.5) is 0 Å². The van der Waals surface area contributed by atoms with Gasteiger partial charge < -0.3 is 14.9 Å². The first-order valence-electron chi connectivity index (χ1n) is 10.3. The molecule has 2 N–H and O–H groups in total. The molecular formula is C22H29N3O3. The van der Waals surface area contributed by atoms with Crippen LogP contribution in [0.2, 0.25) is 0 Å². The summed E-state index contributed by atoms with van der Waals surface area (Å²) in [4.78, 5) is 18.6. The fourth-order valence-electron chi connectivity index (χ4n) is 5.37. The minimum absolute atomic E-state index is 0.133. The number of nitrogens with one attached hydrogen (secondary N) is 1.